The predicted octanol–water partition coefficient (Wildman–Crippen LogP) is 3.00. The fraction of sp³-hybridized carbons (Fsp3) is 0.0714. The van der Waals surface area contributed by atoms with Crippen molar-refractivity contribution >= 4 is 17.2 Å². The summed E-state index contributed by atoms with van der Waals surface area (Å²) in [6, 6.07) is 7.76. The van der Waals surface area contributed by atoms with Crippen LogP contribution < -0.4 is 5.32 Å². The third kappa shape index (κ3) is 2.62. The van der Waals surface area contributed by atoms with Crippen LogP contribution in [0.5, 0.6) is 0 Å². The summed E-state index contributed by atoms with van der Waals surface area (Å²) < 4.78 is 40.3. The second kappa shape index (κ2) is 5.14. The molecule has 0 unspecified atom stereocenters. The summed E-state index contributed by atoms with van der Waals surface area (Å²) in [5.41, 5.74) is -0.500. The Morgan fingerprint density at radius 3 is 2.68 bits per heavy atom. The zero-order valence-corrected chi connectivity index (χ0v) is 11.0. The van der Waals surface area contributed by atoms with Crippen molar-refractivity contribution in [2.75, 3.05) is 5.32 Å². The van der Waals surface area contributed by atoms with Gasteiger partial charge in [-0.1, -0.05) is 12.1 Å². The van der Waals surface area contributed by atoms with Crippen molar-refractivity contribution in [3.8, 4) is 0 Å². The molecule has 0 fully saturated rings. The lowest BCUT2D eigenvalue weighted by Gasteiger charge is -2.12. The molecule has 3 aromatic rings. The molecule has 0 bridgehead atoms. The Hall–Kier alpha value is -2.90. The van der Waals surface area contributed by atoms with Gasteiger partial charge in [-0.15, -0.1) is 10.2 Å². The monoisotopic (exact) mass is 306 g/mol. The van der Waals surface area contributed by atoms with E-state index in [0.29, 0.717) is 11.3 Å². The second-order valence-corrected chi connectivity index (χ2v) is 4.51. The summed E-state index contributed by atoms with van der Waals surface area (Å²) in [6.07, 6.45) is -1.65. The number of anilines is 1. The number of aromatic nitrogens is 3. The third-order valence-electron chi connectivity index (χ3n) is 3.03. The second-order valence-electron chi connectivity index (χ2n) is 4.51. The minimum atomic E-state index is -4.59. The molecular formula is C14H9F3N4O. The zero-order chi connectivity index (χ0) is 15.7. The first kappa shape index (κ1) is 14.1. The van der Waals surface area contributed by atoms with Gasteiger partial charge in [-0.3, -0.25) is 9.20 Å². The predicted molar refractivity (Wildman–Crippen MR) is 72.4 cm³/mol. The topological polar surface area (TPSA) is 59.3 Å². The normalized spacial score (nSPS) is 11.6. The van der Waals surface area contributed by atoms with E-state index >= 15 is 0 Å². The number of rotatable bonds is 2. The van der Waals surface area contributed by atoms with Crippen LogP contribution in [0.2, 0.25) is 0 Å². The SMILES string of the molecule is O=C(Nc1ccc2nncn2c1)c1ccccc1C(F)(F)F. The Kier molecular flexibility index (Phi) is 3.28. The highest BCUT2D eigenvalue weighted by atomic mass is 19.4. The van der Waals surface area contributed by atoms with E-state index in [2.05, 4.69) is 15.5 Å². The van der Waals surface area contributed by atoms with E-state index in [9.17, 15) is 18.0 Å². The van der Waals surface area contributed by atoms with Crippen LogP contribution in [0.4, 0.5) is 18.9 Å². The van der Waals surface area contributed by atoms with Gasteiger partial charge in [0.1, 0.15) is 6.33 Å². The van der Waals surface area contributed by atoms with Crippen LogP contribution in [-0.2, 0) is 6.18 Å². The van der Waals surface area contributed by atoms with Gasteiger partial charge in [0.25, 0.3) is 5.91 Å². The molecule has 0 aliphatic rings. The smallest absolute Gasteiger partial charge is 0.321 e. The van der Waals surface area contributed by atoms with Crippen LogP contribution in [0.1, 0.15) is 15.9 Å². The number of nitrogens with one attached hydrogen (secondary N) is 1. The van der Waals surface area contributed by atoms with Crippen LogP contribution >= 0.6 is 0 Å². The average molecular weight is 306 g/mol. The number of carbonyl (C=O) groups is 1. The van der Waals surface area contributed by atoms with E-state index in [1.807, 2.05) is 0 Å². The first-order valence-electron chi connectivity index (χ1n) is 6.22. The number of pyridine rings is 1. The Bertz CT molecular complexity index is 841. The van der Waals surface area contributed by atoms with Crippen LogP contribution in [-0.4, -0.2) is 20.5 Å². The lowest BCUT2D eigenvalue weighted by molar-refractivity contribution is -0.137. The van der Waals surface area contributed by atoms with Crippen molar-refractivity contribution in [1.82, 2.24) is 14.6 Å². The summed E-state index contributed by atoms with van der Waals surface area (Å²) >= 11 is 0. The van der Waals surface area contributed by atoms with Gasteiger partial charge in [0.05, 0.1) is 16.8 Å². The molecule has 3 rings (SSSR count). The van der Waals surface area contributed by atoms with E-state index in [1.165, 1.54) is 30.7 Å². The number of alkyl halides is 3. The summed E-state index contributed by atoms with van der Waals surface area (Å²) in [5, 5.41) is 9.91. The molecule has 0 aliphatic heterocycles. The van der Waals surface area contributed by atoms with Gasteiger partial charge in [-0.05, 0) is 24.3 Å². The highest BCUT2D eigenvalue weighted by molar-refractivity contribution is 6.05. The van der Waals surface area contributed by atoms with Gasteiger partial charge in [-0.2, -0.15) is 13.2 Å². The number of nitrogens with zero attached hydrogens (tertiary/aromatic N) is 3. The van der Waals surface area contributed by atoms with E-state index in [-0.39, 0.29) is 0 Å². The van der Waals surface area contributed by atoms with E-state index in [0.717, 1.165) is 12.1 Å². The highest BCUT2D eigenvalue weighted by Crippen LogP contribution is 2.32. The molecule has 112 valence electrons. The minimum absolute atomic E-state index is 0.342. The Morgan fingerprint density at radius 2 is 1.91 bits per heavy atom. The Morgan fingerprint density at radius 1 is 1.14 bits per heavy atom. The van der Waals surface area contributed by atoms with Crippen molar-refractivity contribution in [2.45, 2.75) is 6.18 Å². The zero-order valence-electron chi connectivity index (χ0n) is 11.0. The maximum atomic E-state index is 12.9. The largest absolute Gasteiger partial charge is 0.417 e. The van der Waals surface area contributed by atoms with Crippen LogP contribution in [0.15, 0.2) is 48.9 Å². The molecule has 0 saturated carbocycles. The molecule has 0 spiro atoms. The summed E-state index contributed by atoms with van der Waals surface area (Å²) in [4.78, 5) is 12.1. The summed E-state index contributed by atoms with van der Waals surface area (Å²) in [5.74, 6) is -0.833. The number of carbonyl (C=O) groups excluding carboxylic acids is 1. The van der Waals surface area contributed by atoms with Crippen molar-refractivity contribution in [2.24, 2.45) is 0 Å². The Balaban J connectivity index is 1.91. The number of hydrogen-bond donors (Lipinski definition) is 1. The maximum Gasteiger partial charge on any atom is 0.417 e. The van der Waals surface area contributed by atoms with Gasteiger partial charge >= 0.3 is 6.18 Å². The van der Waals surface area contributed by atoms with E-state index in [1.54, 1.807) is 10.5 Å². The average Bonchev–Trinajstić information content (AvgIpc) is 2.94. The molecule has 22 heavy (non-hydrogen) atoms. The van der Waals surface area contributed by atoms with Gasteiger partial charge in [-0.25, -0.2) is 0 Å². The molecule has 5 nitrogen and oxygen atoms in total. The number of benzene rings is 1. The first-order chi connectivity index (χ1) is 10.4. The molecule has 0 aliphatic carbocycles. The van der Waals surface area contributed by atoms with Crippen molar-refractivity contribution < 1.29 is 18.0 Å². The Labute approximate surface area is 122 Å². The molecule has 8 heteroatoms. The lowest BCUT2D eigenvalue weighted by Crippen LogP contribution is -2.18. The number of fused-ring (bicyclic) bond motifs is 1. The molecule has 1 aromatic carbocycles. The van der Waals surface area contributed by atoms with Crippen molar-refractivity contribution in [3.63, 3.8) is 0 Å². The van der Waals surface area contributed by atoms with Gasteiger partial charge in [0.2, 0.25) is 0 Å². The van der Waals surface area contributed by atoms with Crippen LogP contribution in [0.3, 0.4) is 0 Å². The third-order valence-corrected chi connectivity index (χ3v) is 3.03. The number of amides is 1. The van der Waals surface area contributed by atoms with Crippen molar-refractivity contribution in [3.05, 3.63) is 60.0 Å². The van der Waals surface area contributed by atoms with E-state index < -0.39 is 23.2 Å². The number of hydrogen-bond acceptors (Lipinski definition) is 3. The van der Waals surface area contributed by atoms with Crippen LogP contribution in [0.25, 0.3) is 5.65 Å². The molecule has 1 N–H and O–H groups in total. The first-order valence-corrected chi connectivity index (χ1v) is 6.22. The lowest BCUT2D eigenvalue weighted by atomic mass is 10.1. The van der Waals surface area contributed by atoms with Gasteiger partial charge < -0.3 is 5.32 Å². The maximum absolute atomic E-state index is 12.9. The minimum Gasteiger partial charge on any atom is -0.321 e. The van der Waals surface area contributed by atoms with Gasteiger partial charge in [0, 0.05) is 6.20 Å². The fourth-order valence-corrected chi connectivity index (χ4v) is 2.03. The summed E-state index contributed by atoms with van der Waals surface area (Å²) in [6.45, 7) is 0. The van der Waals surface area contributed by atoms with Crippen molar-refractivity contribution in [1.29, 1.82) is 0 Å². The molecule has 1 amide bonds. The molecule has 2 aromatic heterocycles. The molecular weight excluding hydrogens is 297 g/mol. The highest BCUT2D eigenvalue weighted by Gasteiger charge is 2.34. The standard InChI is InChI=1S/C14H9F3N4O/c15-14(16,17)11-4-2-1-3-10(11)13(22)19-9-5-6-12-20-18-8-21(12)7-9/h1-8H,(H,19,22). The summed E-state index contributed by atoms with van der Waals surface area (Å²) in [7, 11) is 0. The van der Waals surface area contributed by atoms with Crippen LogP contribution in [0, 0.1) is 0 Å². The van der Waals surface area contributed by atoms with E-state index in [4.69, 9.17) is 0 Å². The quantitative estimate of drug-likeness (QED) is 0.792. The molecule has 0 saturated heterocycles. The molecule has 0 radical (unpaired) electrons. The number of halogens is 3. The molecule has 0 atom stereocenters. The fourth-order valence-electron chi connectivity index (χ4n) is 2.03. The van der Waals surface area contributed by atoms with Gasteiger partial charge in [0.15, 0.2) is 5.65 Å². The molecule has 2 heterocycles.